The molecule has 5 nitrogen and oxygen atoms in total. The third-order valence-electron chi connectivity index (χ3n) is 5.71. The number of esters is 1. The van der Waals surface area contributed by atoms with Crippen molar-refractivity contribution in [1.29, 1.82) is 0 Å². The fourth-order valence-electron chi connectivity index (χ4n) is 3.83. The Morgan fingerprint density at radius 2 is 1.54 bits per heavy atom. The van der Waals surface area contributed by atoms with E-state index in [1.54, 1.807) is 13.2 Å². The highest BCUT2D eigenvalue weighted by atomic mass is 127. The summed E-state index contributed by atoms with van der Waals surface area (Å²) in [6.07, 6.45) is 1.70. The van der Waals surface area contributed by atoms with Crippen LogP contribution < -0.4 is 9.47 Å². The number of aliphatic imine (C=N–C) groups is 1. The maximum Gasteiger partial charge on any atom is 0.363 e. The average molecular weight is 713 g/mol. The predicted molar refractivity (Wildman–Crippen MR) is 162 cm³/mol. The number of carbonyl (C=O) groups excluding carboxylic acids is 1. The van der Waals surface area contributed by atoms with Crippen LogP contribution in [0.25, 0.3) is 17.2 Å². The topological polar surface area (TPSA) is 57.1 Å². The van der Waals surface area contributed by atoms with Gasteiger partial charge < -0.3 is 14.2 Å². The molecule has 0 fully saturated rings. The van der Waals surface area contributed by atoms with E-state index >= 15 is 0 Å². The van der Waals surface area contributed by atoms with Crippen LogP contribution in [-0.2, 0) is 16.1 Å². The Morgan fingerprint density at radius 3 is 2.24 bits per heavy atom. The summed E-state index contributed by atoms with van der Waals surface area (Å²) in [5.41, 5.74) is 5.00. The smallest absolute Gasteiger partial charge is 0.363 e. The van der Waals surface area contributed by atoms with Crippen LogP contribution in [0.5, 0.6) is 11.5 Å². The average Bonchev–Trinajstić information content (AvgIpc) is 3.29. The van der Waals surface area contributed by atoms with Gasteiger partial charge in [0.05, 0.1) is 10.7 Å². The summed E-state index contributed by atoms with van der Waals surface area (Å²) in [4.78, 5) is 17.0. The van der Waals surface area contributed by atoms with Crippen molar-refractivity contribution in [2.75, 3.05) is 7.11 Å². The maximum atomic E-state index is 12.6. The number of carbonyl (C=O) groups is 1. The molecule has 0 N–H and O–H groups in total. The molecule has 0 amide bonds. The number of hydrogen-bond donors (Lipinski definition) is 0. The molecule has 0 spiro atoms. The molecular weight excluding hydrogens is 692 g/mol. The minimum absolute atomic E-state index is 0.229. The monoisotopic (exact) mass is 713 g/mol. The Bertz CT molecular complexity index is 1500. The maximum absolute atomic E-state index is 12.6. The second-order valence-corrected chi connectivity index (χ2v) is 10.6. The minimum atomic E-state index is -0.491. The van der Waals surface area contributed by atoms with Gasteiger partial charge in [0, 0.05) is 9.13 Å². The Balaban J connectivity index is 1.36. The second kappa shape index (κ2) is 11.5. The van der Waals surface area contributed by atoms with Gasteiger partial charge in [-0.1, -0.05) is 54.6 Å². The summed E-state index contributed by atoms with van der Waals surface area (Å²) in [7, 11) is 1.60. The quantitative estimate of drug-likeness (QED) is 0.113. The number of nitrogens with zero attached hydrogens (tertiary/aromatic N) is 1. The zero-order valence-corrected chi connectivity index (χ0v) is 24.1. The second-order valence-electron chi connectivity index (χ2n) is 8.23. The fourth-order valence-corrected chi connectivity index (χ4v) is 4.97. The number of rotatable bonds is 7. The van der Waals surface area contributed by atoms with Crippen LogP contribution in [-0.4, -0.2) is 19.0 Å². The molecule has 0 atom stereocenters. The summed E-state index contributed by atoms with van der Waals surface area (Å²) >= 11 is 4.48. The number of hydrogen-bond acceptors (Lipinski definition) is 5. The standard InChI is InChI=1S/C30H21I2NO4/c1-35-27-17-20(15-25(32)28(27)36-18-19-7-13-24(31)14-8-19)16-26-30(34)37-29(33-26)23-11-9-22(10-12-23)21-5-3-2-4-6-21/h2-17H,18H2,1H3/b26-16-. The van der Waals surface area contributed by atoms with E-state index < -0.39 is 5.97 Å². The van der Waals surface area contributed by atoms with Crippen LogP contribution in [0.3, 0.4) is 0 Å². The molecule has 5 rings (SSSR count). The van der Waals surface area contributed by atoms with Crippen molar-refractivity contribution in [3.05, 3.63) is 121 Å². The number of ether oxygens (including phenoxy) is 3. The van der Waals surface area contributed by atoms with Gasteiger partial charge in [0.2, 0.25) is 5.90 Å². The summed E-state index contributed by atoms with van der Waals surface area (Å²) in [6, 6.07) is 29.8. The highest BCUT2D eigenvalue weighted by molar-refractivity contribution is 14.1. The van der Waals surface area contributed by atoms with Gasteiger partial charge in [-0.05, 0) is 110 Å². The highest BCUT2D eigenvalue weighted by Gasteiger charge is 2.24. The Morgan fingerprint density at radius 1 is 0.865 bits per heavy atom. The van der Waals surface area contributed by atoms with Gasteiger partial charge in [-0.15, -0.1) is 0 Å². The molecule has 184 valence electrons. The van der Waals surface area contributed by atoms with Gasteiger partial charge in [0.15, 0.2) is 17.2 Å². The van der Waals surface area contributed by atoms with Gasteiger partial charge in [-0.25, -0.2) is 9.79 Å². The van der Waals surface area contributed by atoms with Crippen molar-refractivity contribution < 1.29 is 19.0 Å². The van der Waals surface area contributed by atoms with Crippen molar-refractivity contribution >= 4 is 63.1 Å². The summed E-state index contributed by atoms with van der Waals surface area (Å²) in [5.74, 6) is 1.03. The van der Waals surface area contributed by atoms with Crippen molar-refractivity contribution in [2.45, 2.75) is 6.61 Å². The van der Waals surface area contributed by atoms with E-state index in [1.165, 1.54) is 3.57 Å². The Labute approximate surface area is 242 Å². The molecular formula is C30H21I2NO4. The van der Waals surface area contributed by atoms with Gasteiger partial charge in [-0.3, -0.25) is 0 Å². The number of halogens is 2. The van der Waals surface area contributed by atoms with Crippen molar-refractivity contribution in [1.82, 2.24) is 0 Å². The van der Waals surface area contributed by atoms with E-state index in [0.29, 0.717) is 18.1 Å². The third-order valence-corrected chi connectivity index (χ3v) is 7.23. The molecule has 1 aliphatic heterocycles. The zero-order chi connectivity index (χ0) is 25.8. The molecule has 0 saturated heterocycles. The lowest BCUT2D eigenvalue weighted by atomic mass is 10.0. The first-order valence-electron chi connectivity index (χ1n) is 11.4. The molecule has 4 aromatic rings. The predicted octanol–water partition coefficient (Wildman–Crippen LogP) is 7.49. The lowest BCUT2D eigenvalue weighted by molar-refractivity contribution is -0.129. The molecule has 0 unspecified atom stereocenters. The highest BCUT2D eigenvalue weighted by Crippen LogP contribution is 2.35. The van der Waals surface area contributed by atoms with E-state index in [0.717, 1.165) is 31.4 Å². The first kappa shape index (κ1) is 25.5. The van der Waals surface area contributed by atoms with Crippen molar-refractivity contribution in [3.8, 4) is 22.6 Å². The van der Waals surface area contributed by atoms with Gasteiger partial charge in [-0.2, -0.15) is 0 Å². The molecule has 0 radical (unpaired) electrons. The molecule has 4 aromatic carbocycles. The van der Waals surface area contributed by atoms with Crippen molar-refractivity contribution in [2.24, 2.45) is 4.99 Å². The number of methoxy groups -OCH3 is 1. The van der Waals surface area contributed by atoms with Crippen LogP contribution in [0, 0.1) is 7.14 Å². The Hall–Kier alpha value is -3.18. The molecule has 1 heterocycles. The summed E-state index contributed by atoms with van der Waals surface area (Å²) in [6.45, 7) is 0.423. The third kappa shape index (κ3) is 6.04. The van der Waals surface area contributed by atoms with Gasteiger partial charge in [0.25, 0.3) is 0 Å². The zero-order valence-electron chi connectivity index (χ0n) is 19.8. The van der Waals surface area contributed by atoms with E-state index in [9.17, 15) is 4.79 Å². The molecule has 0 aliphatic carbocycles. The van der Waals surface area contributed by atoms with E-state index in [2.05, 4.69) is 62.3 Å². The molecule has 1 aliphatic rings. The van der Waals surface area contributed by atoms with Crippen LogP contribution >= 0.6 is 45.2 Å². The fraction of sp³-hybridized carbons (Fsp3) is 0.0667. The lowest BCUT2D eigenvalue weighted by Gasteiger charge is -2.14. The normalized spacial score (nSPS) is 13.9. The van der Waals surface area contributed by atoms with Crippen LogP contribution in [0.2, 0.25) is 0 Å². The molecule has 0 bridgehead atoms. The minimum Gasteiger partial charge on any atom is -0.493 e. The van der Waals surface area contributed by atoms with Crippen molar-refractivity contribution in [3.63, 3.8) is 0 Å². The van der Waals surface area contributed by atoms with Crippen LogP contribution in [0.1, 0.15) is 16.7 Å². The molecule has 37 heavy (non-hydrogen) atoms. The summed E-state index contributed by atoms with van der Waals surface area (Å²) in [5, 5.41) is 0. The largest absolute Gasteiger partial charge is 0.493 e. The van der Waals surface area contributed by atoms with Gasteiger partial charge >= 0.3 is 5.97 Å². The SMILES string of the molecule is COc1cc(/C=C2\N=C(c3ccc(-c4ccccc4)cc3)OC2=O)cc(I)c1OCc1ccc(I)cc1. The first-order valence-corrected chi connectivity index (χ1v) is 13.6. The lowest BCUT2D eigenvalue weighted by Crippen LogP contribution is -2.05. The van der Waals surface area contributed by atoms with E-state index in [4.69, 9.17) is 14.2 Å². The molecule has 7 heteroatoms. The molecule has 0 aromatic heterocycles. The number of benzene rings is 4. The van der Waals surface area contributed by atoms with Gasteiger partial charge in [0.1, 0.15) is 6.61 Å². The first-order chi connectivity index (χ1) is 18.0. The Kier molecular flexibility index (Phi) is 7.90. The van der Waals surface area contributed by atoms with Crippen LogP contribution in [0.4, 0.5) is 0 Å². The molecule has 0 saturated carbocycles. The summed E-state index contributed by atoms with van der Waals surface area (Å²) < 4.78 is 19.2. The van der Waals surface area contributed by atoms with Crippen LogP contribution in [0.15, 0.2) is 102 Å². The van der Waals surface area contributed by atoms with E-state index in [1.807, 2.05) is 78.9 Å². The van der Waals surface area contributed by atoms with E-state index in [-0.39, 0.29) is 11.6 Å². The number of cyclic esters (lactones) is 1.